The van der Waals surface area contributed by atoms with Gasteiger partial charge >= 0.3 is 0 Å². The molecule has 0 saturated carbocycles. The molecular formula is C15H15NS. The van der Waals surface area contributed by atoms with Crippen molar-refractivity contribution < 1.29 is 0 Å². The number of fused-ring (bicyclic) bond motifs is 1. The molecule has 2 heteroatoms. The van der Waals surface area contributed by atoms with Gasteiger partial charge in [0.2, 0.25) is 0 Å². The highest BCUT2D eigenvalue weighted by Gasteiger charge is 2.11. The molecule has 2 aromatic carbocycles. The van der Waals surface area contributed by atoms with Gasteiger partial charge in [0.05, 0.1) is 0 Å². The van der Waals surface area contributed by atoms with E-state index in [0.717, 1.165) is 13.0 Å². The fraction of sp³-hybridized carbons (Fsp3) is 0.200. The minimum atomic E-state index is 1.07. The molecule has 0 fully saturated rings. The zero-order valence-electron chi connectivity index (χ0n) is 9.86. The van der Waals surface area contributed by atoms with Gasteiger partial charge in [-0.3, -0.25) is 0 Å². The molecule has 0 bridgehead atoms. The SMILES string of the molecule is CSc1ccccc1-c1ccc2c(c1)CCN2. The van der Waals surface area contributed by atoms with Gasteiger partial charge in [-0.15, -0.1) is 11.8 Å². The maximum atomic E-state index is 3.40. The van der Waals surface area contributed by atoms with Crippen LogP contribution in [0.3, 0.4) is 0 Å². The lowest BCUT2D eigenvalue weighted by Gasteiger charge is -2.09. The monoisotopic (exact) mass is 241 g/mol. The van der Waals surface area contributed by atoms with Crippen LogP contribution >= 0.6 is 11.8 Å². The summed E-state index contributed by atoms with van der Waals surface area (Å²) < 4.78 is 0. The quantitative estimate of drug-likeness (QED) is 0.796. The molecular weight excluding hydrogens is 226 g/mol. The van der Waals surface area contributed by atoms with E-state index in [2.05, 4.69) is 54.0 Å². The van der Waals surface area contributed by atoms with E-state index in [1.807, 2.05) is 11.8 Å². The number of nitrogens with one attached hydrogen (secondary N) is 1. The topological polar surface area (TPSA) is 12.0 Å². The molecule has 1 heterocycles. The predicted molar refractivity (Wildman–Crippen MR) is 75.9 cm³/mol. The highest BCUT2D eigenvalue weighted by Crippen LogP contribution is 2.33. The molecule has 0 saturated heterocycles. The number of benzene rings is 2. The van der Waals surface area contributed by atoms with E-state index in [-0.39, 0.29) is 0 Å². The maximum absolute atomic E-state index is 3.40. The Morgan fingerprint density at radius 2 is 2.00 bits per heavy atom. The maximum Gasteiger partial charge on any atom is 0.0373 e. The summed E-state index contributed by atoms with van der Waals surface area (Å²) in [5, 5.41) is 3.40. The summed E-state index contributed by atoms with van der Waals surface area (Å²) in [5.74, 6) is 0. The Kier molecular flexibility index (Phi) is 2.81. The van der Waals surface area contributed by atoms with Gasteiger partial charge in [-0.25, -0.2) is 0 Å². The minimum absolute atomic E-state index is 1.07. The summed E-state index contributed by atoms with van der Waals surface area (Å²) in [6.07, 6.45) is 3.28. The second-order valence-electron chi connectivity index (χ2n) is 4.25. The number of hydrogen-bond acceptors (Lipinski definition) is 2. The molecule has 0 amide bonds. The molecule has 3 rings (SSSR count). The van der Waals surface area contributed by atoms with Crippen molar-refractivity contribution in [2.75, 3.05) is 18.1 Å². The van der Waals surface area contributed by atoms with E-state index in [9.17, 15) is 0 Å². The Labute approximate surface area is 106 Å². The van der Waals surface area contributed by atoms with Crippen LogP contribution in [0.2, 0.25) is 0 Å². The van der Waals surface area contributed by atoms with Gasteiger partial charge in [-0.1, -0.05) is 24.3 Å². The van der Waals surface area contributed by atoms with Crippen LogP contribution in [0.15, 0.2) is 47.4 Å². The molecule has 0 aliphatic carbocycles. The molecule has 0 spiro atoms. The van der Waals surface area contributed by atoms with E-state index in [1.54, 1.807) is 0 Å². The van der Waals surface area contributed by atoms with Gasteiger partial charge < -0.3 is 5.32 Å². The molecule has 0 radical (unpaired) electrons. The predicted octanol–water partition coefficient (Wildman–Crippen LogP) is 4.04. The van der Waals surface area contributed by atoms with Crippen LogP contribution in [-0.2, 0) is 6.42 Å². The first-order chi connectivity index (χ1) is 8.38. The van der Waals surface area contributed by atoms with Crippen LogP contribution in [0.1, 0.15) is 5.56 Å². The van der Waals surface area contributed by atoms with Crippen molar-refractivity contribution in [3.05, 3.63) is 48.0 Å². The first-order valence-electron chi connectivity index (χ1n) is 5.88. The second-order valence-corrected chi connectivity index (χ2v) is 5.10. The van der Waals surface area contributed by atoms with Gasteiger partial charge in [-0.2, -0.15) is 0 Å². The van der Waals surface area contributed by atoms with Crippen LogP contribution in [-0.4, -0.2) is 12.8 Å². The number of thioether (sulfide) groups is 1. The number of hydrogen-bond donors (Lipinski definition) is 1. The molecule has 2 aromatic rings. The van der Waals surface area contributed by atoms with Crippen LogP contribution in [0.5, 0.6) is 0 Å². The smallest absolute Gasteiger partial charge is 0.0373 e. The molecule has 17 heavy (non-hydrogen) atoms. The highest BCUT2D eigenvalue weighted by molar-refractivity contribution is 7.98. The van der Waals surface area contributed by atoms with Crippen molar-refractivity contribution in [2.24, 2.45) is 0 Å². The summed E-state index contributed by atoms with van der Waals surface area (Å²) in [4.78, 5) is 1.35. The molecule has 0 aromatic heterocycles. The van der Waals surface area contributed by atoms with Crippen molar-refractivity contribution in [3.8, 4) is 11.1 Å². The minimum Gasteiger partial charge on any atom is -0.384 e. The van der Waals surface area contributed by atoms with Crippen molar-refractivity contribution >= 4 is 17.4 Å². The zero-order valence-corrected chi connectivity index (χ0v) is 10.7. The first kappa shape index (κ1) is 10.7. The first-order valence-corrected chi connectivity index (χ1v) is 7.11. The standard InChI is InChI=1S/C15H15NS/c1-17-15-5-3-2-4-13(15)11-6-7-14-12(10-11)8-9-16-14/h2-7,10,16H,8-9H2,1H3. The normalized spacial score (nSPS) is 13.2. The fourth-order valence-corrected chi connectivity index (χ4v) is 2.98. The zero-order chi connectivity index (χ0) is 11.7. The van der Waals surface area contributed by atoms with E-state index in [4.69, 9.17) is 0 Å². The summed E-state index contributed by atoms with van der Waals surface area (Å²) in [6, 6.07) is 15.3. The van der Waals surface area contributed by atoms with Gasteiger partial charge in [0.1, 0.15) is 0 Å². The van der Waals surface area contributed by atoms with Crippen molar-refractivity contribution in [1.29, 1.82) is 0 Å². The molecule has 1 nitrogen and oxygen atoms in total. The van der Waals surface area contributed by atoms with Crippen LogP contribution in [0, 0.1) is 0 Å². The fourth-order valence-electron chi connectivity index (χ4n) is 2.36. The van der Waals surface area contributed by atoms with E-state index < -0.39 is 0 Å². The Morgan fingerprint density at radius 1 is 1.12 bits per heavy atom. The van der Waals surface area contributed by atoms with E-state index in [0.29, 0.717) is 0 Å². The average molecular weight is 241 g/mol. The third-order valence-electron chi connectivity index (χ3n) is 3.23. The molecule has 1 N–H and O–H groups in total. The van der Waals surface area contributed by atoms with Crippen molar-refractivity contribution in [3.63, 3.8) is 0 Å². The average Bonchev–Trinajstić information content (AvgIpc) is 2.85. The lowest BCUT2D eigenvalue weighted by molar-refractivity contribution is 1.11. The number of anilines is 1. The Balaban J connectivity index is 2.09. The lowest BCUT2D eigenvalue weighted by atomic mass is 10.0. The van der Waals surface area contributed by atoms with Gasteiger partial charge in [0.25, 0.3) is 0 Å². The Hall–Kier alpha value is -1.41. The summed E-state index contributed by atoms with van der Waals surface area (Å²) in [6.45, 7) is 1.07. The Bertz CT molecular complexity index is 548. The highest BCUT2D eigenvalue weighted by atomic mass is 32.2. The van der Waals surface area contributed by atoms with Crippen molar-refractivity contribution in [2.45, 2.75) is 11.3 Å². The van der Waals surface area contributed by atoms with Crippen molar-refractivity contribution in [1.82, 2.24) is 0 Å². The molecule has 0 unspecified atom stereocenters. The largest absolute Gasteiger partial charge is 0.384 e. The van der Waals surface area contributed by atoms with E-state index in [1.165, 1.54) is 27.3 Å². The van der Waals surface area contributed by atoms with Crippen LogP contribution in [0.4, 0.5) is 5.69 Å². The number of rotatable bonds is 2. The van der Waals surface area contributed by atoms with Crippen LogP contribution in [0.25, 0.3) is 11.1 Å². The van der Waals surface area contributed by atoms with E-state index >= 15 is 0 Å². The third kappa shape index (κ3) is 1.93. The van der Waals surface area contributed by atoms with Gasteiger partial charge in [0, 0.05) is 17.1 Å². The lowest BCUT2D eigenvalue weighted by Crippen LogP contribution is -1.90. The Morgan fingerprint density at radius 3 is 2.88 bits per heavy atom. The molecule has 1 aliphatic heterocycles. The van der Waals surface area contributed by atoms with Gasteiger partial charge in [-0.05, 0) is 47.6 Å². The summed E-state index contributed by atoms with van der Waals surface area (Å²) >= 11 is 1.81. The summed E-state index contributed by atoms with van der Waals surface area (Å²) in [5.41, 5.74) is 5.42. The molecule has 1 aliphatic rings. The second kappa shape index (κ2) is 4.46. The third-order valence-corrected chi connectivity index (χ3v) is 4.03. The van der Waals surface area contributed by atoms with Gasteiger partial charge in [0.15, 0.2) is 0 Å². The summed E-state index contributed by atoms with van der Waals surface area (Å²) in [7, 11) is 0. The molecule has 0 atom stereocenters. The molecule has 86 valence electrons. The van der Waals surface area contributed by atoms with Crippen LogP contribution < -0.4 is 5.32 Å².